The average Bonchev–Trinajstić information content (AvgIpc) is 2.04. The molecular formula is C10H16FNO. The Morgan fingerprint density at radius 2 is 2.54 bits per heavy atom. The van der Waals surface area contributed by atoms with E-state index < -0.39 is 0 Å². The molecule has 1 atom stereocenters. The third kappa shape index (κ3) is 2.64. The van der Waals surface area contributed by atoms with Gasteiger partial charge in [-0.25, -0.2) is 4.39 Å². The number of rotatable bonds is 3. The topological polar surface area (TPSA) is 23.5 Å². The van der Waals surface area contributed by atoms with Gasteiger partial charge in [0.25, 0.3) is 0 Å². The Morgan fingerprint density at radius 3 is 3.00 bits per heavy atom. The second-order valence-electron chi connectivity index (χ2n) is 3.45. The molecular weight excluding hydrogens is 169 g/mol. The van der Waals surface area contributed by atoms with Crippen LogP contribution >= 0.6 is 0 Å². The summed E-state index contributed by atoms with van der Waals surface area (Å²) in [5.74, 6) is -0.106. The number of halogens is 1. The fraction of sp³-hybridized carbons (Fsp3) is 0.600. The Balaban J connectivity index is 2.60. The highest BCUT2D eigenvalue weighted by Crippen LogP contribution is 2.16. The minimum atomic E-state index is -0.106. The normalized spacial score (nSPS) is 21.0. The van der Waals surface area contributed by atoms with Gasteiger partial charge in [-0.2, -0.15) is 0 Å². The van der Waals surface area contributed by atoms with Gasteiger partial charge in [0.2, 0.25) is 0 Å². The van der Waals surface area contributed by atoms with Crippen LogP contribution in [0.2, 0.25) is 0 Å². The summed E-state index contributed by atoms with van der Waals surface area (Å²) in [5.41, 5.74) is 0.886. The predicted molar refractivity (Wildman–Crippen MR) is 51.1 cm³/mol. The van der Waals surface area contributed by atoms with Crippen LogP contribution in [0.15, 0.2) is 24.1 Å². The molecule has 2 nitrogen and oxygen atoms in total. The molecule has 0 saturated heterocycles. The molecule has 1 heterocycles. The quantitative estimate of drug-likeness (QED) is 0.673. The van der Waals surface area contributed by atoms with Gasteiger partial charge in [-0.15, -0.1) is 0 Å². The summed E-state index contributed by atoms with van der Waals surface area (Å²) in [6.45, 7) is 6.76. The molecule has 0 aromatic rings. The maximum Gasteiger partial charge on any atom is 0.110 e. The summed E-state index contributed by atoms with van der Waals surface area (Å²) in [7, 11) is 0. The molecule has 0 amide bonds. The van der Waals surface area contributed by atoms with Gasteiger partial charge in [-0.1, -0.05) is 18.2 Å². The van der Waals surface area contributed by atoms with Crippen molar-refractivity contribution in [3.63, 3.8) is 0 Å². The molecule has 0 spiro atoms. The summed E-state index contributed by atoms with van der Waals surface area (Å²) in [4.78, 5) is 1.91. The second kappa shape index (κ2) is 4.53. The van der Waals surface area contributed by atoms with Crippen molar-refractivity contribution in [2.75, 3.05) is 19.7 Å². The molecule has 3 heteroatoms. The summed E-state index contributed by atoms with van der Waals surface area (Å²) in [6.07, 6.45) is 2.32. The first-order valence-corrected chi connectivity index (χ1v) is 4.50. The molecule has 1 rings (SSSR count). The lowest BCUT2D eigenvalue weighted by Gasteiger charge is -2.32. The van der Waals surface area contributed by atoms with Crippen LogP contribution < -0.4 is 0 Å². The van der Waals surface area contributed by atoms with Crippen LogP contribution in [0.4, 0.5) is 4.39 Å². The van der Waals surface area contributed by atoms with Crippen molar-refractivity contribution in [1.29, 1.82) is 0 Å². The maximum atomic E-state index is 12.9. The van der Waals surface area contributed by atoms with E-state index in [4.69, 9.17) is 5.11 Å². The van der Waals surface area contributed by atoms with Crippen molar-refractivity contribution in [2.45, 2.75) is 19.4 Å². The van der Waals surface area contributed by atoms with Crippen LogP contribution in [-0.4, -0.2) is 35.7 Å². The van der Waals surface area contributed by atoms with Gasteiger partial charge >= 0.3 is 0 Å². The van der Waals surface area contributed by atoms with E-state index in [-0.39, 0.29) is 18.5 Å². The van der Waals surface area contributed by atoms with E-state index in [0.717, 1.165) is 18.5 Å². The SMILES string of the molecule is C=C(C)C(CO)N1CCC=C(F)C1. The Hall–Kier alpha value is -0.670. The van der Waals surface area contributed by atoms with E-state index in [2.05, 4.69) is 6.58 Å². The molecule has 74 valence electrons. The van der Waals surface area contributed by atoms with Crippen molar-refractivity contribution in [3.05, 3.63) is 24.1 Å². The van der Waals surface area contributed by atoms with Gasteiger partial charge in [0, 0.05) is 6.54 Å². The van der Waals surface area contributed by atoms with Crippen LogP contribution in [0.25, 0.3) is 0 Å². The van der Waals surface area contributed by atoms with Crippen molar-refractivity contribution in [3.8, 4) is 0 Å². The zero-order chi connectivity index (χ0) is 9.84. The van der Waals surface area contributed by atoms with Crippen LogP contribution in [0.1, 0.15) is 13.3 Å². The fourth-order valence-electron chi connectivity index (χ4n) is 1.57. The molecule has 0 radical (unpaired) electrons. The Morgan fingerprint density at radius 1 is 1.85 bits per heavy atom. The zero-order valence-corrected chi connectivity index (χ0v) is 7.96. The number of nitrogens with zero attached hydrogens (tertiary/aromatic N) is 1. The van der Waals surface area contributed by atoms with Gasteiger partial charge in [-0.3, -0.25) is 4.90 Å². The average molecular weight is 185 g/mol. The van der Waals surface area contributed by atoms with Crippen molar-refractivity contribution in [2.24, 2.45) is 0 Å². The summed E-state index contributed by atoms with van der Waals surface area (Å²) in [5, 5.41) is 9.09. The van der Waals surface area contributed by atoms with Gasteiger partial charge in [0.1, 0.15) is 5.83 Å². The molecule has 0 bridgehead atoms. The molecule has 13 heavy (non-hydrogen) atoms. The Kier molecular flexibility index (Phi) is 3.63. The van der Waals surface area contributed by atoms with Crippen molar-refractivity contribution < 1.29 is 9.50 Å². The predicted octanol–water partition coefficient (Wildman–Crippen LogP) is 1.48. The standard InChI is InChI=1S/C10H16FNO/c1-8(2)10(7-13)12-5-3-4-9(11)6-12/h4,10,13H,1,3,5-7H2,2H3. The summed E-state index contributed by atoms with van der Waals surface area (Å²) < 4.78 is 12.9. The van der Waals surface area contributed by atoms with Gasteiger partial charge in [0.05, 0.1) is 19.2 Å². The van der Waals surface area contributed by atoms with E-state index in [1.807, 2.05) is 11.8 Å². The highest BCUT2D eigenvalue weighted by molar-refractivity contribution is 5.08. The first-order valence-electron chi connectivity index (χ1n) is 4.50. The van der Waals surface area contributed by atoms with Crippen LogP contribution in [0, 0.1) is 0 Å². The lowest BCUT2D eigenvalue weighted by Crippen LogP contribution is -2.41. The van der Waals surface area contributed by atoms with Crippen LogP contribution in [-0.2, 0) is 0 Å². The van der Waals surface area contributed by atoms with Crippen LogP contribution in [0.5, 0.6) is 0 Å². The van der Waals surface area contributed by atoms with E-state index >= 15 is 0 Å². The summed E-state index contributed by atoms with van der Waals surface area (Å²) >= 11 is 0. The van der Waals surface area contributed by atoms with E-state index in [9.17, 15) is 4.39 Å². The number of aliphatic hydroxyl groups is 1. The third-order valence-electron chi connectivity index (χ3n) is 2.32. The maximum absolute atomic E-state index is 12.9. The monoisotopic (exact) mass is 185 g/mol. The van der Waals surface area contributed by atoms with Gasteiger partial charge < -0.3 is 5.11 Å². The van der Waals surface area contributed by atoms with Gasteiger partial charge in [-0.05, 0) is 13.3 Å². The van der Waals surface area contributed by atoms with Crippen molar-refractivity contribution >= 4 is 0 Å². The van der Waals surface area contributed by atoms with E-state index in [1.54, 1.807) is 6.08 Å². The molecule has 0 saturated carbocycles. The highest BCUT2D eigenvalue weighted by atomic mass is 19.1. The molecule has 0 fully saturated rings. The Bertz CT molecular complexity index is 225. The summed E-state index contributed by atoms with van der Waals surface area (Å²) in [6, 6.07) is -0.0977. The number of hydrogen-bond donors (Lipinski definition) is 1. The fourth-order valence-corrected chi connectivity index (χ4v) is 1.57. The largest absolute Gasteiger partial charge is 0.394 e. The number of hydrogen-bond acceptors (Lipinski definition) is 2. The van der Waals surface area contributed by atoms with Crippen molar-refractivity contribution in [1.82, 2.24) is 4.90 Å². The van der Waals surface area contributed by atoms with Gasteiger partial charge in [0.15, 0.2) is 0 Å². The second-order valence-corrected chi connectivity index (χ2v) is 3.45. The minimum Gasteiger partial charge on any atom is -0.394 e. The lowest BCUT2D eigenvalue weighted by atomic mass is 10.1. The highest BCUT2D eigenvalue weighted by Gasteiger charge is 2.21. The Labute approximate surface area is 78.4 Å². The molecule has 1 aliphatic heterocycles. The first kappa shape index (κ1) is 10.4. The zero-order valence-electron chi connectivity index (χ0n) is 7.96. The van der Waals surface area contributed by atoms with E-state index in [0.29, 0.717) is 6.54 Å². The lowest BCUT2D eigenvalue weighted by molar-refractivity contribution is 0.144. The minimum absolute atomic E-state index is 0.0165. The molecule has 1 unspecified atom stereocenters. The smallest absolute Gasteiger partial charge is 0.110 e. The third-order valence-corrected chi connectivity index (χ3v) is 2.32. The molecule has 1 N–H and O–H groups in total. The van der Waals surface area contributed by atoms with E-state index in [1.165, 1.54) is 0 Å². The first-order chi connectivity index (χ1) is 6.15. The number of aliphatic hydroxyl groups excluding tert-OH is 1. The molecule has 1 aliphatic rings. The molecule has 0 aromatic heterocycles. The molecule has 0 aromatic carbocycles. The molecule has 0 aliphatic carbocycles. The van der Waals surface area contributed by atoms with Crippen LogP contribution in [0.3, 0.4) is 0 Å².